The molecule has 0 aliphatic carbocycles. The average molecular weight is 215 g/mol. The molecular formula is C10H17NO4. The van der Waals surface area contributed by atoms with E-state index in [9.17, 15) is 9.59 Å². The SMILES string of the molecule is CC(C)C(=O)NCC1(C(=O)O)CCOC1. The second-order valence-electron chi connectivity index (χ2n) is 4.26. The topological polar surface area (TPSA) is 75.6 Å². The largest absolute Gasteiger partial charge is 0.481 e. The lowest BCUT2D eigenvalue weighted by Crippen LogP contribution is -2.44. The van der Waals surface area contributed by atoms with Gasteiger partial charge < -0.3 is 15.2 Å². The van der Waals surface area contributed by atoms with Crippen molar-refractivity contribution in [2.24, 2.45) is 11.3 Å². The number of rotatable bonds is 4. The minimum atomic E-state index is -0.926. The van der Waals surface area contributed by atoms with Crippen LogP contribution in [0, 0.1) is 11.3 Å². The van der Waals surface area contributed by atoms with Crippen molar-refractivity contribution in [3.63, 3.8) is 0 Å². The van der Waals surface area contributed by atoms with Gasteiger partial charge in [-0.3, -0.25) is 9.59 Å². The number of carbonyl (C=O) groups excluding carboxylic acids is 1. The van der Waals surface area contributed by atoms with Gasteiger partial charge in [-0.2, -0.15) is 0 Å². The van der Waals surface area contributed by atoms with Gasteiger partial charge >= 0.3 is 5.97 Å². The summed E-state index contributed by atoms with van der Waals surface area (Å²) in [5.74, 6) is -1.15. The molecule has 15 heavy (non-hydrogen) atoms. The monoisotopic (exact) mass is 215 g/mol. The van der Waals surface area contributed by atoms with Crippen LogP contribution < -0.4 is 5.32 Å². The van der Waals surface area contributed by atoms with Gasteiger partial charge in [-0.05, 0) is 6.42 Å². The van der Waals surface area contributed by atoms with Crippen LogP contribution in [-0.4, -0.2) is 36.7 Å². The first kappa shape index (κ1) is 12.0. The van der Waals surface area contributed by atoms with Gasteiger partial charge in [0.05, 0.1) is 6.61 Å². The molecular weight excluding hydrogens is 198 g/mol. The smallest absolute Gasteiger partial charge is 0.313 e. The van der Waals surface area contributed by atoms with E-state index < -0.39 is 11.4 Å². The fourth-order valence-electron chi connectivity index (χ4n) is 1.45. The van der Waals surface area contributed by atoms with Gasteiger partial charge in [0.2, 0.25) is 5.91 Å². The normalized spacial score (nSPS) is 25.5. The molecule has 5 heteroatoms. The van der Waals surface area contributed by atoms with Crippen molar-refractivity contribution in [3.8, 4) is 0 Å². The van der Waals surface area contributed by atoms with E-state index in [1.54, 1.807) is 13.8 Å². The van der Waals surface area contributed by atoms with Crippen molar-refractivity contribution >= 4 is 11.9 Å². The molecule has 1 aliphatic rings. The number of hydrogen-bond donors (Lipinski definition) is 2. The number of hydrogen-bond acceptors (Lipinski definition) is 3. The average Bonchev–Trinajstić information content (AvgIpc) is 2.63. The van der Waals surface area contributed by atoms with Crippen molar-refractivity contribution in [1.82, 2.24) is 5.32 Å². The molecule has 0 aromatic heterocycles. The third kappa shape index (κ3) is 2.68. The van der Waals surface area contributed by atoms with Crippen molar-refractivity contribution in [2.75, 3.05) is 19.8 Å². The van der Waals surface area contributed by atoms with Gasteiger partial charge in [-0.15, -0.1) is 0 Å². The van der Waals surface area contributed by atoms with E-state index in [2.05, 4.69) is 5.32 Å². The molecule has 0 saturated carbocycles. The summed E-state index contributed by atoms with van der Waals surface area (Å²) in [5.41, 5.74) is -0.926. The summed E-state index contributed by atoms with van der Waals surface area (Å²) in [5, 5.41) is 11.7. The van der Waals surface area contributed by atoms with Gasteiger partial charge in [0.1, 0.15) is 5.41 Å². The number of carboxylic acids is 1. The highest BCUT2D eigenvalue weighted by Crippen LogP contribution is 2.28. The highest BCUT2D eigenvalue weighted by atomic mass is 16.5. The predicted molar refractivity (Wildman–Crippen MR) is 53.4 cm³/mol. The Morgan fingerprint density at radius 2 is 2.20 bits per heavy atom. The molecule has 2 N–H and O–H groups in total. The van der Waals surface area contributed by atoms with E-state index in [0.717, 1.165) is 0 Å². The fraction of sp³-hybridized carbons (Fsp3) is 0.800. The molecule has 0 aromatic rings. The van der Waals surface area contributed by atoms with E-state index in [1.165, 1.54) is 0 Å². The van der Waals surface area contributed by atoms with E-state index in [0.29, 0.717) is 13.0 Å². The van der Waals surface area contributed by atoms with E-state index >= 15 is 0 Å². The third-order valence-corrected chi connectivity index (χ3v) is 2.68. The Labute approximate surface area is 88.8 Å². The van der Waals surface area contributed by atoms with Gasteiger partial charge in [-0.25, -0.2) is 0 Å². The zero-order valence-corrected chi connectivity index (χ0v) is 9.08. The van der Waals surface area contributed by atoms with Crippen LogP contribution in [0.5, 0.6) is 0 Å². The first-order valence-electron chi connectivity index (χ1n) is 5.07. The number of ether oxygens (including phenoxy) is 1. The molecule has 1 atom stereocenters. The molecule has 1 fully saturated rings. The fourth-order valence-corrected chi connectivity index (χ4v) is 1.45. The van der Waals surface area contributed by atoms with E-state index in [-0.39, 0.29) is 25.0 Å². The Bertz CT molecular complexity index is 256. The zero-order chi connectivity index (χ0) is 11.5. The Morgan fingerprint density at radius 3 is 2.60 bits per heavy atom. The van der Waals surface area contributed by atoms with E-state index in [4.69, 9.17) is 9.84 Å². The predicted octanol–water partition coefficient (Wildman–Crippen LogP) is 0.250. The molecule has 1 amide bonds. The van der Waals surface area contributed by atoms with Gasteiger partial charge in [0.15, 0.2) is 0 Å². The summed E-state index contributed by atoms with van der Waals surface area (Å²) in [6.45, 7) is 4.33. The molecule has 0 spiro atoms. The lowest BCUT2D eigenvalue weighted by atomic mass is 9.87. The first-order chi connectivity index (χ1) is 6.98. The van der Waals surface area contributed by atoms with Crippen LogP contribution in [-0.2, 0) is 14.3 Å². The third-order valence-electron chi connectivity index (χ3n) is 2.68. The van der Waals surface area contributed by atoms with Crippen LogP contribution in [0.2, 0.25) is 0 Å². The van der Waals surface area contributed by atoms with E-state index in [1.807, 2.05) is 0 Å². The molecule has 1 saturated heterocycles. The Kier molecular flexibility index (Phi) is 3.68. The van der Waals surface area contributed by atoms with Crippen LogP contribution in [0.15, 0.2) is 0 Å². The Hall–Kier alpha value is -1.10. The number of carboxylic acid groups (broad SMARTS) is 1. The number of aliphatic carboxylic acids is 1. The maximum Gasteiger partial charge on any atom is 0.313 e. The molecule has 5 nitrogen and oxygen atoms in total. The van der Waals surface area contributed by atoms with Crippen LogP contribution in [0.1, 0.15) is 20.3 Å². The quantitative estimate of drug-likeness (QED) is 0.705. The zero-order valence-electron chi connectivity index (χ0n) is 9.08. The minimum Gasteiger partial charge on any atom is -0.481 e. The first-order valence-corrected chi connectivity index (χ1v) is 5.07. The lowest BCUT2D eigenvalue weighted by molar-refractivity contribution is -0.148. The van der Waals surface area contributed by atoms with Crippen LogP contribution in [0.4, 0.5) is 0 Å². The number of amides is 1. The molecule has 86 valence electrons. The summed E-state index contributed by atoms with van der Waals surface area (Å²) in [7, 11) is 0. The van der Waals surface area contributed by atoms with Gasteiger partial charge in [0.25, 0.3) is 0 Å². The van der Waals surface area contributed by atoms with Crippen molar-refractivity contribution in [2.45, 2.75) is 20.3 Å². The number of carbonyl (C=O) groups is 2. The summed E-state index contributed by atoms with van der Waals surface area (Å²) in [6.07, 6.45) is 0.459. The molecule has 1 unspecified atom stereocenters. The summed E-state index contributed by atoms with van der Waals surface area (Å²) < 4.78 is 5.08. The summed E-state index contributed by atoms with van der Waals surface area (Å²) >= 11 is 0. The second-order valence-corrected chi connectivity index (χ2v) is 4.26. The molecule has 0 bridgehead atoms. The summed E-state index contributed by atoms with van der Waals surface area (Å²) in [4.78, 5) is 22.4. The van der Waals surface area contributed by atoms with Gasteiger partial charge in [-0.1, -0.05) is 13.8 Å². The lowest BCUT2D eigenvalue weighted by Gasteiger charge is -2.22. The van der Waals surface area contributed by atoms with Crippen LogP contribution in [0.25, 0.3) is 0 Å². The highest BCUT2D eigenvalue weighted by Gasteiger charge is 2.42. The van der Waals surface area contributed by atoms with Crippen molar-refractivity contribution in [1.29, 1.82) is 0 Å². The Morgan fingerprint density at radius 1 is 1.53 bits per heavy atom. The maximum atomic E-state index is 11.3. The van der Waals surface area contributed by atoms with Gasteiger partial charge in [0, 0.05) is 19.1 Å². The second kappa shape index (κ2) is 4.61. The molecule has 1 aliphatic heterocycles. The number of nitrogens with one attached hydrogen (secondary N) is 1. The summed E-state index contributed by atoms with van der Waals surface area (Å²) in [6, 6.07) is 0. The highest BCUT2D eigenvalue weighted by molar-refractivity contribution is 5.80. The van der Waals surface area contributed by atoms with Crippen molar-refractivity contribution in [3.05, 3.63) is 0 Å². The molecule has 1 heterocycles. The molecule has 0 aromatic carbocycles. The van der Waals surface area contributed by atoms with Crippen LogP contribution in [0.3, 0.4) is 0 Å². The maximum absolute atomic E-state index is 11.3. The standard InChI is InChI=1S/C10H17NO4/c1-7(2)8(12)11-5-10(9(13)14)3-4-15-6-10/h7H,3-6H2,1-2H3,(H,11,12)(H,13,14). The Balaban J connectivity index is 2.53. The molecule has 0 radical (unpaired) electrons. The van der Waals surface area contributed by atoms with Crippen molar-refractivity contribution < 1.29 is 19.4 Å². The van der Waals surface area contributed by atoms with Crippen LogP contribution >= 0.6 is 0 Å². The minimum absolute atomic E-state index is 0.123. The molecule has 1 rings (SSSR count).